The predicted molar refractivity (Wildman–Crippen MR) is 92.8 cm³/mol. The molecule has 1 aromatic carbocycles. The van der Waals surface area contributed by atoms with Gasteiger partial charge in [0.2, 0.25) is 0 Å². The number of nitrogens with one attached hydrogen (secondary N) is 2. The number of amides is 3. The first-order chi connectivity index (χ1) is 12.7. The number of phenols is 1. The van der Waals surface area contributed by atoms with E-state index in [1.54, 1.807) is 12.1 Å². The molecule has 1 saturated heterocycles. The molecular weight excluding hydrogens is 360 g/mol. The van der Waals surface area contributed by atoms with Crippen LogP contribution in [0.3, 0.4) is 0 Å². The van der Waals surface area contributed by atoms with Crippen molar-refractivity contribution in [1.82, 2.24) is 10.6 Å². The third kappa shape index (κ3) is 4.78. The first-order valence-electron chi connectivity index (χ1n) is 8.06. The van der Waals surface area contributed by atoms with E-state index in [2.05, 4.69) is 10.3 Å². The van der Waals surface area contributed by atoms with Crippen LogP contribution < -0.4 is 16.4 Å². The first-order valence-corrected chi connectivity index (χ1v) is 8.06. The van der Waals surface area contributed by atoms with Crippen LogP contribution in [0.1, 0.15) is 5.56 Å². The van der Waals surface area contributed by atoms with Crippen molar-refractivity contribution in [3.8, 4) is 5.75 Å². The van der Waals surface area contributed by atoms with Crippen LogP contribution in [0, 0.1) is 0 Å². The summed E-state index contributed by atoms with van der Waals surface area (Å²) in [6.07, 6.45) is -4.91. The molecule has 4 atom stereocenters. The standard InChI is InChI=1S/C16H22N4O7/c17-16(5-8-1-3-9(22)4-2-8)13(19-15(27)20-14(16)26)18-6-10(23)12(25)11(24)7-21/h1-4,10-12,21-25H,5-7,17H2,(H2,18,19,20,26,27)/t10-,11+,12-,16?/m0/s1. The quantitative estimate of drug-likeness (QED) is 0.243. The number of nitrogens with two attached hydrogens (primary N) is 1. The minimum Gasteiger partial charge on any atom is -0.508 e. The fourth-order valence-corrected chi connectivity index (χ4v) is 2.51. The van der Waals surface area contributed by atoms with Crippen molar-refractivity contribution in [2.45, 2.75) is 30.3 Å². The SMILES string of the molecule is NC1(Cc2ccc(O)cc2)C(=O)NC(=O)NC1=NC[C@H](O)[C@H](O)[C@H](O)CO. The van der Waals surface area contributed by atoms with Gasteiger partial charge in [-0.05, 0) is 17.7 Å². The highest BCUT2D eigenvalue weighted by Gasteiger charge is 2.45. The second-order valence-electron chi connectivity index (χ2n) is 6.22. The summed E-state index contributed by atoms with van der Waals surface area (Å²) in [4.78, 5) is 27.9. The van der Waals surface area contributed by atoms with Crippen molar-refractivity contribution >= 4 is 17.8 Å². The number of nitrogens with zero attached hydrogens (tertiary/aromatic N) is 1. The van der Waals surface area contributed by atoms with Crippen molar-refractivity contribution in [3.63, 3.8) is 0 Å². The van der Waals surface area contributed by atoms with Crippen LogP contribution in [0.4, 0.5) is 4.79 Å². The van der Waals surface area contributed by atoms with E-state index in [0.717, 1.165) is 0 Å². The number of aliphatic hydroxyl groups excluding tert-OH is 4. The van der Waals surface area contributed by atoms with Gasteiger partial charge in [-0.15, -0.1) is 0 Å². The van der Waals surface area contributed by atoms with Gasteiger partial charge in [0.05, 0.1) is 13.2 Å². The van der Waals surface area contributed by atoms with Crippen LogP contribution in [0.15, 0.2) is 29.3 Å². The molecule has 11 nitrogen and oxygen atoms in total. The van der Waals surface area contributed by atoms with Crippen LogP contribution >= 0.6 is 0 Å². The Hall–Kier alpha value is -2.57. The highest BCUT2D eigenvalue weighted by atomic mass is 16.4. The van der Waals surface area contributed by atoms with E-state index in [0.29, 0.717) is 5.56 Å². The fraction of sp³-hybridized carbons (Fsp3) is 0.438. The summed E-state index contributed by atoms with van der Waals surface area (Å²) in [6.45, 7) is -1.26. The monoisotopic (exact) mass is 382 g/mol. The number of imide groups is 1. The Morgan fingerprint density at radius 2 is 1.70 bits per heavy atom. The molecule has 0 spiro atoms. The Kier molecular flexibility index (Phi) is 6.46. The molecule has 1 unspecified atom stereocenters. The molecule has 1 aliphatic rings. The van der Waals surface area contributed by atoms with E-state index in [1.165, 1.54) is 12.1 Å². The van der Waals surface area contributed by atoms with Gasteiger partial charge in [-0.1, -0.05) is 12.1 Å². The minimum atomic E-state index is -1.77. The number of hydrogen-bond acceptors (Lipinski definition) is 9. The second-order valence-corrected chi connectivity index (χ2v) is 6.22. The lowest BCUT2D eigenvalue weighted by atomic mass is 9.88. The minimum absolute atomic E-state index is 0.0275. The lowest BCUT2D eigenvalue weighted by molar-refractivity contribution is -0.123. The molecular formula is C16H22N4O7. The summed E-state index contributed by atoms with van der Waals surface area (Å²) in [5.41, 5.74) is 4.98. The zero-order chi connectivity index (χ0) is 20.2. The Bertz CT molecular complexity index is 724. The van der Waals surface area contributed by atoms with Gasteiger partial charge in [0.1, 0.15) is 29.9 Å². The lowest BCUT2D eigenvalue weighted by Crippen LogP contribution is -2.72. The lowest BCUT2D eigenvalue weighted by Gasteiger charge is -2.34. The van der Waals surface area contributed by atoms with Crippen LogP contribution in [0.5, 0.6) is 5.75 Å². The molecule has 1 aliphatic heterocycles. The number of amidine groups is 1. The van der Waals surface area contributed by atoms with E-state index in [-0.39, 0.29) is 18.0 Å². The average molecular weight is 382 g/mol. The van der Waals surface area contributed by atoms with E-state index >= 15 is 0 Å². The van der Waals surface area contributed by atoms with Crippen molar-refractivity contribution < 1.29 is 35.1 Å². The topological polar surface area (TPSA) is 198 Å². The van der Waals surface area contributed by atoms with E-state index in [9.17, 15) is 30.0 Å². The van der Waals surface area contributed by atoms with Crippen LogP contribution in [-0.4, -0.2) is 80.3 Å². The average Bonchev–Trinajstić information content (AvgIpc) is 2.64. The van der Waals surface area contributed by atoms with E-state index in [1.807, 2.05) is 5.32 Å². The molecule has 2 rings (SSSR count). The third-order valence-corrected chi connectivity index (χ3v) is 4.12. The van der Waals surface area contributed by atoms with Gasteiger partial charge in [0.25, 0.3) is 5.91 Å². The molecule has 0 saturated carbocycles. The molecule has 27 heavy (non-hydrogen) atoms. The van der Waals surface area contributed by atoms with Gasteiger partial charge in [0, 0.05) is 6.42 Å². The molecule has 0 bridgehead atoms. The zero-order valence-electron chi connectivity index (χ0n) is 14.2. The highest BCUT2D eigenvalue weighted by Crippen LogP contribution is 2.18. The number of phenolic OH excluding ortho intramolecular Hbond substituents is 1. The van der Waals surface area contributed by atoms with Gasteiger partial charge in [-0.25, -0.2) is 4.79 Å². The number of aliphatic hydroxyl groups is 4. The molecule has 0 radical (unpaired) electrons. The maximum absolute atomic E-state index is 12.3. The summed E-state index contributed by atoms with van der Waals surface area (Å²) >= 11 is 0. The first kappa shape index (κ1) is 20.7. The van der Waals surface area contributed by atoms with Crippen LogP contribution in [0.2, 0.25) is 0 Å². The number of hydrogen-bond donors (Lipinski definition) is 8. The fourth-order valence-electron chi connectivity index (χ4n) is 2.51. The molecule has 9 N–H and O–H groups in total. The maximum atomic E-state index is 12.3. The molecule has 1 aromatic rings. The van der Waals surface area contributed by atoms with E-state index < -0.39 is 48.9 Å². The molecule has 11 heteroatoms. The van der Waals surface area contributed by atoms with Gasteiger partial charge in [-0.3, -0.25) is 20.4 Å². The Balaban J connectivity index is 2.24. The second kappa shape index (κ2) is 8.41. The zero-order valence-corrected chi connectivity index (χ0v) is 14.2. The largest absolute Gasteiger partial charge is 0.508 e. The van der Waals surface area contributed by atoms with Gasteiger partial charge in [-0.2, -0.15) is 0 Å². The smallest absolute Gasteiger partial charge is 0.326 e. The number of benzene rings is 1. The van der Waals surface area contributed by atoms with Gasteiger partial charge in [0.15, 0.2) is 5.54 Å². The predicted octanol–water partition coefficient (Wildman–Crippen LogP) is -3.05. The summed E-state index contributed by atoms with van der Waals surface area (Å²) in [6, 6.07) is 5.05. The molecule has 1 fully saturated rings. The molecule has 1 heterocycles. The Morgan fingerprint density at radius 3 is 2.30 bits per heavy atom. The summed E-state index contributed by atoms with van der Waals surface area (Å²) in [5, 5.41) is 51.4. The van der Waals surface area contributed by atoms with Crippen molar-refractivity contribution in [2.75, 3.05) is 13.2 Å². The number of carbonyl (C=O) groups excluding carboxylic acids is 2. The summed E-state index contributed by atoms with van der Waals surface area (Å²) < 4.78 is 0. The van der Waals surface area contributed by atoms with Crippen molar-refractivity contribution in [2.24, 2.45) is 10.7 Å². The normalized spacial score (nSPS) is 24.9. The molecule has 0 aliphatic carbocycles. The van der Waals surface area contributed by atoms with Crippen molar-refractivity contribution in [1.29, 1.82) is 0 Å². The highest BCUT2D eigenvalue weighted by molar-refractivity contribution is 6.24. The Labute approximate surface area is 154 Å². The van der Waals surface area contributed by atoms with Gasteiger partial charge < -0.3 is 31.3 Å². The van der Waals surface area contributed by atoms with Gasteiger partial charge >= 0.3 is 6.03 Å². The van der Waals surface area contributed by atoms with E-state index in [4.69, 9.17) is 10.8 Å². The Morgan fingerprint density at radius 1 is 1.07 bits per heavy atom. The maximum Gasteiger partial charge on any atom is 0.326 e. The van der Waals surface area contributed by atoms with Crippen LogP contribution in [0.25, 0.3) is 0 Å². The number of urea groups is 1. The number of aliphatic imine (C=N–C) groups is 1. The summed E-state index contributed by atoms with van der Waals surface area (Å²) in [5.74, 6) is -1.02. The number of carbonyl (C=O) groups is 2. The summed E-state index contributed by atoms with van der Waals surface area (Å²) in [7, 11) is 0. The third-order valence-electron chi connectivity index (χ3n) is 4.12. The molecule has 3 amide bonds. The number of aromatic hydroxyl groups is 1. The van der Waals surface area contributed by atoms with Crippen LogP contribution in [-0.2, 0) is 11.2 Å². The molecule has 148 valence electrons. The number of rotatable bonds is 7. The van der Waals surface area contributed by atoms with Crippen molar-refractivity contribution in [3.05, 3.63) is 29.8 Å². The molecule has 0 aromatic heterocycles.